The molecule has 0 aliphatic heterocycles. The van der Waals surface area contributed by atoms with Gasteiger partial charge in [0.1, 0.15) is 5.82 Å². The number of hydrogen-bond donors (Lipinski definition) is 1. The number of aromatic nitrogens is 3. The van der Waals surface area contributed by atoms with Crippen molar-refractivity contribution in [1.82, 2.24) is 14.8 Å². The fraction of sp³-hybridized carbons (Fsp3) is 0.429. The van der Waals surface area contributed by atoms with Crippen LogP contribution in [-0.2, 0) is 20.0 Å². The topological polar surface area (TPSA) is 60.0 Å². The maximum atomic E-state index is 5.89. The molecule has 0 radical (unpaired) electrons. The van der Waals surface area contributed by atoms with Gasteiger partial charge in [0.15, 0.2) is 0 Å². The van der Waals surface area contributed by atoms with Crippen molar-refractivity contribution < 1.29 is 0 Å². The highest BCUT2D eigenvalue weighted by Gasteiger charge is 2.11. The van der Waals surface area contributed by atoms with Crippen LogP contribution in [0.15, 0.2) is 30.7 Å². The third-order valence-corrected chi connectivity index (χ3v) is 2.95. The molecule has 102 valence electrons. The van der Waals surface area contributed by atoms with Crippen LogP contribution in [0, 0.1) is 0 Å². The third-order valence-electron chi connectivity index (χ3n) is 2.95. The average Bonchev–Trinajstić information content (AvgIpc) is 2.74. The highest BCUT2D eigenvalue weighted by atomic mass is 15.2. The predicted molar refractivity (Wildman–Crippen MR) is 76.9 cm³/mol. The Labute approximate surface area is 114 Å². The Hall–Kier alpha value is -1.88. The van der Waals surface area contributed by atoms with Gasteiger partial charge in [-0.1, -0.05) is 6.07 Å². The lowest BCUT2D eigenvalue weighted by atomic mass is 10.1. The fourth-order valence-electron chi connectivity index (χ4n) is 2.18. The Kier molecular flexibility index (Phi) is 4.16. The minimum absolute atomic E-state index is 0.134. The molecule has 2 aromatic heterocycles. The molecule has 2 heterocycles. The molecule has 0 saturated heterocycles. The normalized spacial score (nSPS) is 12.4. The molecule has 2 aromatic rings. The Bertz CT molecular complexity index is 532. The number of anilines is 1. The van der Waals surface area contributed by atoms with Crippen molar-refractivity contribution in [2.75, 3.05) is 11.9 Å². The highest BCUT2D eigenvalue weighted by molar-refractivity contribution is 5.46. The molecule has 2 N–H and O–H groups in total. The van der Waals surface area contributed by atoms with E-state index in [1.54, 1.807) is 0 Å². The van der Waals surface area contributed by atoms with E-state index in [0.717, 1.165) is 18.8 Å². The van der Waals surface area contributed by atoms with E-state index in [1.807, 2.05) is 50.4 Å². The monoisotopic (exact) mass is 259 g/mol. The maximum absolute atomic E-state index is 5.89. The van der Waals surface area contributed by atoms with E-state index in [2.05, 4.69) is 21.0 Å². The van der Waals surface area contributed by atoms with E-state index in [-0.39, 0.29) is 6.04 Å². The molecule has 0 aromatic carbocycles. The maximum Gasteiger partial charge on any atom is 0.131 e. The van der Waals surface area contributed by atoms with Crippen LogP contribution in [0.5, 0.6) is 0 Å². The fourth-order valence-corrected chi connectivity index (χ4v) is 2.18. The van der Waals surface area contributed by atoms with Crippen LogP contribution in [0.1, 0.15) is 18.1 Å². The number of nitrogens with two attached hydrogens (primary N) is 1. The van der Waals surface area contributed by atoms with Crippen LogP contribution in [0.2, 0.25) is 0 Å². The zero-order valence-electron chi connectivity index (χ0n) is 11.7. The molecule has 1 unspecified atom stereocenters. The smallest absolute Gasteiger partial charge is 0.131 e. The first-order valence-electron chi connectivity index (χ1n) is 6.44. The summed E-state index contributed by atoms with van der Waals surface area (Å²) in [6.07, 6.45) is 6.55. The molecule has 5 heteroatoms. The van der Waals surface area contributed by atoms with Gasteiger partial charge in [-0.15, -0.1) is 0 Å². The van der Waals surface area contributed by atoms with Gasteiger partial charge in [-0.05, 0) is 25.0 Å². The van der Waals surface area contributed by atoms with Crippen LogP contribution in [0.3, 0.4) is 0 Å². The van der Waals surface area contributed by atoms with E-state index in [1.165, 1.54) is 11.1 Å². The lowest BCUT2D eigenvalue weighted by Gasteiger charge is -2.21. The number of pyridine rings is 1. The van der Waals surface area contributed by atoms with E-state index >= 15 is 0 Å². The zero-order chi connectivity index (χ0) is 13.8. The second-order valence-corrected chi connectivity index (χ2v) is 5.05. The van der Waals surface area contributed by atoms with Crippen molar-refractivity contribution in [2.45, 2.75) is 25.9 Å². The van der Waals surface area contributed by atoms with E-state index in [9.17, 15) is 0 Å². The summed E-state index contributed by atoms with van der Waals surface area (Å²) in [5.41, 5.74) is 8.24. The van der Waals surface area contributed by atoms with E-state index in [4.69, 9.17) is 5.73 Å². The van der Waals surface area contributed by atoms with E-state index < -0.39 is 0 Å². The minimum Gasteiger partial charge on any atom is -0.355 e. The summed E-state index contributed by atoms with van der Waals surface area (Å²) in [5, 5.41) is 4.18. The Morgan fingerprint density at radius 2 is 2.26 bits per heavy atom. The summed E-state index contributed by atoms with van der Waals surface area (Å²) < 4.78 is 1.81. The summed E-state index contributed by atoms with van der Waals surface area (Å²) in [5.74, 6) is 0.989. The zero-order valence-corrected chi connectivity index (χ0v) is 11.7. The van der Waals surface area contributed by atoms with Gasteiger partial charge in [-0.3, -0.25) is 4.68 Å². The molecule has 0 spiro atoms. The van der Waals surface area contributed by atoms with Crippen LogP contribution in [-0.4, -0.2) is 27.9 Å². The van der Waals surface area contributed by atoms with Gasteiger partial charge in [0.25, 0.3) is 0 Å². The Morgan fingerprint density at radius 3 is 2.89 bits per heavy atom. The molecule has 5 nitrogen and oxygen atoms in total. The summed E-state index contributed by atoms with van der Waals surface area (Å²) in [4.78, 5) is 6.61. The summed E-state index contributed by atoms with van der Waals surface area (Å²) in [6.45, 7) is 2.80. The molecule has 0 fully saturated rings. The van der Waals surface area contributed by atoms with Crippen LogP contribution < -0.4 is 10.6 Å². The third kappa shape index (κ3) is 3.54. The molecule has 0 bridgehead atoms. The average molecular weight is 259 g/mol. The standard InChI is InChI=1S/C14H21N5/c1-11(15)7-13-5-4-6-16-14(13)18(2)9-12-8-17-19(3)10-12/h4-6,8,10-11H,7,9,15H2,1-3H3. The van der Waals surface area contributed by atoms with Gasteiger partial charge in [0, 0.05) is 44.6 Å². The molecule has 0 aliphatic rings. The van der Waals surface area contributed by atoms with Gasteiger partial charge in [0.05, 0.1) is 6.20 Å². The van der Waals surface area contributed by atoms with Crippen LogP contribution in [0.25, 0.3) is 0 Å². The highest BCUT2D eigenvalue weighted by Crippen LogP contribution is 2.19. The molecule has 2 rings (SSSR count). The summed E-state index contributed by atoms with van der Waals surface area (Å²) in [7, 11) is 3.96. The SMILES string of the molecule is CC(N)Cc1cccnc1N(C)Cc1cnn(C)c1. The van der Waals surface area contributed by atoms with Crippen molar-refractivity contribution >= 4 is 5.82 Å². The number of hydrogen-bond acceptors (Lipinski definition) is 4. The van der Waals surface area contributed by atoms with Crippen LogP contribution in [0.4, 0.5) is 5.82 Å². The first-order valence-corrected chi connectivity index (χ1v) is 6.44. The van der Waals surface area contributed by atoms with Crippen molar-refractivity contribution in [3.8, 4) is 0 Å². The second kappa shape index (κ2) is 5.84. The summed E-state index contributed by atoms with van der Waals surface area (Å²) in [6, 6.07) is 4.18. The lowest BCUT2D eigenvalue weighted by molar-refractivity contribution is 0.730. The minimum atomic E-state index is 0.134. The quantitative estimate of drug-likeness (QED) is 0.880. The Morgan fingerprint density at radius 1 is 1.47 bits per heavy atom. The second-order valence-electron chi connectivity index (χ2n) is 5.05. The van der Waals surface area contributed by atoms with Gasteiger partial charge in [0.2, 0.25) is 0 Å². The van der Waals surface area contributed by atoms with Gasteiger partial charge < -0.3 is 10.6 Å². The largest absolute Gasteiger partial charge is 0.355 e. The van der Waals surface area contributed by atoms with Crippen LogP contribution >= 0.6 is 0 Å². The number of nitrogens with zero attached hydrogens (tertiary/aromatic N) is 4. The molecule has 1 atom stereocenters. The summed E-state index contributed by atoms with van der Waals surface area (Å²) >= 11 is 0. The molecule has 0 amide bonds. The van der Waals surface area contributed by atoms with E-state index in [0.29, 0.717) is 0 Å². The van der Waals surface area contributed by atoms with Gasteiger partial charge in [-0.25, -0.2) is 4.98 Å². The first kappa shape index (κ1) is 13.5. The Balaban J connectivity index is 2.16. The molecular weight excluding hydrogens is 238 g/mol. The van der Waals surface area contributed by atoms with Crippen molar-refractivity contribution in [2.24, 2.45) is 12.8 Å². The number of rotatable bonds is 5. The van der Waals surface area contributed by atoms with Crippen molar-refractivity contribution in [3.05, 3.63) is 41.9 Å². The predicted octanol–water partition coefficient (Wildman–Crippen LogP) is 1.34. The first-order chi connectivity index (χ1) is 9.06. The molecular formula is C14H21N5. The number of aryl methyl sites for hydroxylation is 1. The molecule has 0 aliphatic carbocycles. The molecule has 19 heavy (non-hydrogen) atoms. The van der Waals surface area contributed by atoms with Gasteiger partial charge >= 0.3 is 0 Å². The van der Waals surface area contributed by atoms with Crippen molar-refractivity contribution in [1.29, 1.82) is 0 Å². The van der Waals surface area contributed by atoms with Gasteiger partial charge in [-0.2, -0.15) is 5.10 Å². The molecule has 0 saturated carbocycles. The van der Waals surface area contributed by atoms with Crippen molar-refractivity contribution in [3.63, 3.8) is 0 Å². The lowest BCUT2D eigenvalue weighted by Crippen LogP contribution is -2.23.